The normalized spacial score (nSPS) is 12.2. The quantitative estimate of drug-likeness (QED) is 0.788. The lowest BCUT2D eigenvalue weighted by Crippen LogP contribution is -2.33. The van der Waals surface area contributed by atoms with Crippen LogP contribution in [0.3, 0.4) is 0 Å². The Kier molecular flexibility index (Phi) is 5.66. The third-order valence-electron chi connectivity index (χ3n) is 2.42. The molecule has 0 heterocycles. The first-order valence-corrected chi connectivity index (χ1v) is 5.72. The van der Waals surface area contributed by atoms with Crippen molar-refractivity contribution < 1.29 is 9.53 Å². The summed E-state index contributed by atoms with van der Waals surface area (Å²) in [5.74, 6) is -0.0427. The summed E-state index contributed by atoms with van der Waals surface area (Å²) in [5, 5.41) is 5.87. The molecule has 0 spiro atoms. The maximum absolute atomic E-state index is 11.6. The summed E-state index contributed by atoms with van der Waals surface area (Å²) in [6.07, 6.45) is 0.113. The van der Waals surface area contributed by atoms with Crippen LogP contribution in [0.4, 0.5) is 5.69 Å². The van der Waals surface area contributed by atoms with Crippen LogP contribution in [0.5, 0.6) is 0 Å². The van der Waals surface area contributed by atoms with Crippen molar-refractivity contribution in [3.63, 3.8) is 0 Å². The van der Waals surface area contributed by atoms with E-state index in [1.807, 2.05) is 38.1 Å². The van der Waals surface area contributed by atoms with Crippen LogP contribution < -0.4 is 10.6 Å². The van der Waals surface area contributed by atoms with E-state index in [9.17, 15) is 4.79 Å². The number of carbonyl (C=O) groups is 1. The van der Waals surface area contributed by atoms with Crippen molar-refractivity contribution in [1.82, 2.24) is 5.32 Å². The summed E-state index contributed by atoms with van der Waals surface area (Å²) < 4.78 is 5.07. The van der Waals surface area contributed by atoms with Gasteiger partial charge in [-0.15, -0.1) is 0 Å². The highest BCUT2D eigenvalue weighted by atomic mass is 16.5. The molecule has 0 saturated carbocycles. The number of nitrogens with one attached hydrogen (secondary N) is 2. The molecule has 1 amide bonds. The minimum absolute atomic E-state index is 0.0427. The molecule has 0 bridgehead atoms. The predicted octanol–water partition coefficient (Wildman–Crippen LogP) is 1.56. The monoisotopic (exact) mass is 236 g/mol. The Morgan fingerprint density at radius 2 is 2.24 bits per heavy atom. The molecule has 0 radical (unpaired) electrons. The van der Waals surface area contributed by atoms with Crippen LogP contribution in [0.15, 0.2) is 24.3 Å². The number of rotatable bonds is 6. The van der Waals surface area contributed by atoms with E-state index in [1.54, 1.807) is 7.11 Å². The molecule has 4 nitrogen and oxygen atoms in total. The molecule has 1 aromatic carbocycles. The van der Waals surface area contributed by atoms with Crippen molar-refractivity contribution in [3.05, 3.63) is 29.8 Å². The molecule has 1 aromatic rings. The molecule has 0 saturated heterocycles. The van der Waals surface area contributed by atoms with Crippen LogP contribution >= 0.6 is 0 Å². The number of anilines is 1. The Morgan fingerprint density at radius 1 is 1.47 bits per heavy atom. The van der Waals surface area contributed by atoms with Gasteiger partial charge in [-0.1, -0.05) is 12.1 Å². The number of ether oxygens (including phenoxy) is 1. The van der Waals surface area contributed by atoms with E-state index in [-0.39, 0.29) is 12.0 Å². The first-order valence-electron chi connectivity index (χ1n) is 5.72. The highest BCUT2D eigenvalue weighted by Gasteiger charge is 2.03. The van der Waals surface area contributed by atoms with Gasteiger partial charge < -0.3 is 15.4 Å². The van der Waals surface area contributed by atoms with Gasteiger partial charge in [0.15, 0.2) is 0 Å². The molecule has 1 atom stereocenters. The minimum Gasteiger partial charge on any atom is -0.380 e. The number of aryl methyl sites for hydroxylation is 1. The van der Waals surface area contributed by atoms with Crippen LogP contribution in [0.2, 0.25) is 0 Å². The summed E-state index contributed by atoms with van der Waals surface area (Å²) >= 11 is 0. The second-order valence-corrected chi connectivity index (χ2v) is 4.09. The highest BCUT2D eigenvalue weighted by Crippen LogP contribution is 2.08. The Hall–Kier alpha value is -1.39. The summed E-state index contributed by atoms with van der Waals surface area (Å²) in [5.41, 5.74) is 1.96. The molecule has 17 heavy (non-hydrogen) atoms. The van der Waals surface area contributed by atoms with Crippen molar-refractivity contribution >= 4 is 11.6 Å². The summed E-state index contributed by atoms with van der Waals surface area (Å²) in [4.78, 5) is 11.6. The van der Waals surface area contributed by atoms with E-state index in [2.05, 4.69) is 10.6 Å². The van der Waals surface area contributed by atoms with Gasteiger partial charge in [0.05, 0.1) is 12.6 Å². The molecule has 0 aliphatic carbocycles. The Bertz CT molecular complexity index is 366. The third kappa shape index (κ3) is 5.47. The lowest BCUT2D eigenvalue weighted by Gasteiger charge is -2.11. The average molecular weight is 236 g/mol. The van der Waals surface area contributed by atoms with Gasteiger partial charge in [-0.05, 0) is 31.5 Å². The molecule has 1 unspecified atom stereocenters. The third-order valence-corrected chi connectivity index (χ3v) is 2.42. The Labute approximate surface area is 102 Å². The lowest BCUT2D eigenvalue weighted by molar-refractivity contribution is -0.115. The van der Waals surface area contributed by atoms with Gasteiger partial charge in [0.25, 0.3) is 0 Å². The fourth-order valence-electron chi connectivity index (χ4n) is 1.40. The van der Waals surface area contributed by atoms with Crippen molar-refractivity contribution in [1.29, 1.82) is 0 Å². The van der Waals surface area contributed by atoms with Crippen LogP contribution in [0, 0.1) is 6.92 Å². The Balaban J connectivity index is 2.30. The zero-order chi connectivity index (χ0) is 12.7. The van der Waals surface area contributed by atoms with E-state index in [0.717, 1.165) is 11.3 Å². The molecule has 0 aliphatic heterocycles. The van der Waals surface area contributed by atoms with Crippen LogP contribution in [0.1, 0.15) is 12.5 Å². The molecule has 94 valence electrons. The second-order valence-electron chi connectivity index (χ2n) is 4.09. The summed E-state index contributed by atoms with van der Waals surface area (Å²) in [6, 6.07) is 7.73. The van der Waals surface area contributed by atoms with E-state index >= 15 is 0 Å². The largest absolute Gasteiger partial charge is 0.380 e. The van der Waals surface area contributed by atoms with Gasteiger partial charge in [-0.2, -0.15) is 0 Å². The zero-order valence-corrected chi connectivity index (χ0v) is 10.6. The molecule has 0 aromatic heterocycles. The molecule has 1 rings (SSSR count). The van der Waals surface area contributed by atoms with Gasteiger partial charge in [-0.25, -0.2) is 0 Å². The van der Waals surface area contributed by atoms with Crippen molar-refractivity contribution in [3.8, 4) is 0 Å². The van der Waals surface area contributed by atoms with Crippen LogP contribution in [0.25, 0.3) is 0 Å². The first kappa shape index (κ1) is 13.7. The van der Waals surface area contributed by atoms with Crippen LogP contribution in [-0.2, 0) is 9.53 Å². The number of carbonyl (C=O) groups excluding carboxylic acids is 1. The number of hydrogen-bond acceptors (Lipinski definition) is 3. The van der Waals surface area contributed by atoms with Gasteiger partial charge in [0, 0.05) is 19.3 Å². The van der Waals surface area contributed by atoms with Crippen molar-refractivity contribution in [2.45, 2.75) is 20.0 Å². The van der Waals surface area contributed by atoms with E-state index in [4.69, 9.17) is 4.74 Å². The lowest BCUT2D eigenvalue weighted by atomic mass is 10.2. The standard InChI is InChI=1S/C13H20N2O2/c1-10-5-4-6-12(7-10)15-13(16)9-14-8-11(2)17-3/h4-7,11,14H,8-9H2,1-3H3,(H,15,16). The van der Waals surface area contributed by atoms with Gasteiger partial charge in [0.1, 0.15) is 0 Å². The van der Waals surface area contributed by atoms with Crippen molar-refractivity contribution in [2.24, 2.45) is 0 Å². The number of benzene rings is 1. The molecule has 2 N–H and O–H groups in total. The predicted molar refractivity (Wildman–Crippen MR) is 69.1 cm³/mol. The fourth-order valence-corrected chi connectivity index (χ4v) is 1.40. The molecular weight excluding hydrogens is 216 g/mol. The molecule has 4 heteroatoms. The van der Waals surface area contributed by atoms with E-state index in [1.165, 1.54) is 0 Å². The van der Waals surface area contributed by atoms with E-state index < -0.39 is 0 Å². The SMILES string of the molecule is COC(C)CNCC(=O)Nc1cccc(C)c1. The summed E-state index contributed by atoms with van der Waals surface area (Å²) in [7, 11) is 1.65. The number of hydrogen-bond donors (Lipinski definition) is 2. The highest BCUT2D eigenvalue weighted by molar-refractivity contribution is 5.92. The maximum Gasteiger partial charge on any atom is 0.238 e. The average Bonchev–Trinajstić information content (AvgIpc) is 2.28. The number of amides is 1. The van der Waals surface area contributed by atoms with Crippen molar-refractivity contribution in [2.75, 3.05) is 25.5 Å². The topological polar surface area (TPSA) is 50.4 Å². The molecule has 0 aliphatic rings. The zero-order valence-electron chi connectivity index (χ0n) is 10.6. The Morgan fingerprint density at radius 3 is 2.88 bits per heavy atom. The second kappa shape index (κ2) is 7.04. The molecular formula is C13H20N2O2. The maximum atomic E-state index is 11.6. The summed E-state index contributed by atoms with van der Waals surface area (Å²) in [6.45, 7) is 4.90. The molecule has 0 fully saturated rings. The van der Waals surface area contributed by atoms with Crippen LogP contribution in [-0.4, -0.2) is 32.2 Å². The first-order chi connectivity index (χ1) is 8.11. The minimum atomic E-state index is -0.0427. The van der Waals surface area contributed by atoms with Gasteiger partial charge in [-0.3, -0.25) is 4.79 Å². The fraction of sp³-hybridized carbons (Fsp3) is 0.462. The number of methoxy groups -OCH3 is 1. The smallest absolute Gasteiger partial charge is 0.238 e. The van der Waals surface area contributed by atoms with Gasteiger partial charge >= 0.3 is 0 Å². The van der Waals surface area contributed by atoms with E-state index in [0.29, 0.717) is 13.1 Å². The van der Waals surface area contributed by atoms with Gasteiger partial charge in [0.2, 0.25) is 5.91 Å².